The Labute approximate surface area is 123 Å². The van der Waals surface area contributed by atoms with Gasteiger partial charge in [-0.15, -0.1) is 11.8 Å². The van der Waals surface area contributed by atoms with E-state index in [1.165, 1.54) is 6.07 Å². The van der Waals surface area contributed by atoms with Gasteiger partial charge in [-0.05, 0) is 25.1 Å². The number of thioether (sulfide) groups is 1. The third-order valence-electron chi connectivity index (χ3n) is 2.82. The molecule has 0 unspecified atom stereocenters. The number of amides is 1. The van der Waals surface area contributed by atoms with Crippen LogP contribution in [0.3, 0.4) is 0 Å². The molecule has 0 atom stereocenters. The molecule has 21 heavy (non-hydrogen) atoms. The molecule has 8 heteroatoms. The third kappa shape index (κ3) is 3.49. The van der Waals surface area contributed by atoms with Crippen LogP contribution in [-0.2, 0) is 20.5 Å². The second kappa shape index (κ2) is 5.97. The summed E-state index contributed by atoms with van der Waals surface area (Å²) in [7, 11) is 0. The van der Waals surface area contributed by atoms with Crippen molar-refractivity contribution < 1.29 is 27.5 Å². The van der Waals surface area contributed by atoms with Crippen LogP contribution >= 0.6 is 11.8 Å². The molecule has 4 nitrogen and oxygen atoms in total. The summed E-state index contributed by atoms with van der Waals surface area (Å²) < 4.78 is 43.0. The highest BCUT2D eigenvalue weighted by molar-refractivity contribution is 8.00. The lowest BCUT2D eigenvalue weighted by Crippen LogP contribution is -2.40. The SMILES string of the molecule is CCOC(=O)CN1C(=O)CSc2ccc(C(F)(F)F)cc21. The second-order valence-corrected chi connectivity index (χ2v) is 5.27. The predicted octanol–water partition coefficient (Wildman–Crippen LogP) is 2.71. The third-order valence-corrected chi connectivity index (χ3v) is 3.87. The van der Waals surface area contributed by atoms with Gasteiger partial charge in [0.15, 0.2) is 0 Å². The molecule has 0 saturated carbocycles. The maximum absolute atomic E-state index is 12.8. The van der Waals surface area contributed by atoms with E-state index in [1.54, 1.807) is 6.92 Å². The van der Waals surface area contributed by atoms with Crippen LogP contribution in [0, 0.1) is 0 Å². The number of carbonyl (C=O) groups excluding carboxylic acids is 2. The summed E-state index contributed by atoms with van der Waals surface area (Å²) in [5.41, 5.74) is -0.760. The molecule has 1 amide bonds. The number of ether oxygens (including phenoxy) is 1. The number of anilines is 1. The summed E-state index contributed by atoms with van der Waals surface area (Å²) in [5, 5.41) is 0. The summed E-state index contributed by atoms with van der Waals surface area (Å²) in [6.45, 7) is 1.37. The lowest BCUT2D eigenvalue weighted by molar-refractivity contribution is -0.142. The highest BCUT2D eigenvalue weighted by Gasteiger charge is 2.34. The number of rotatable bonds is 3. The van der Waals surface area contributed by atoms with Crippen molar-refractivity contribution in [1.29, 1.82) is 0 Å². The lowest BCUT2D eigenvalue weighted by atomic mass is 10.1. The molecule has 0 fully saturated rings. The highest BCUT2D eigenvalue weighted by Crippen LogP contribution is 2.39. The minimum absolute atomic E-state index is 0.0811. The van der Waals surface area contributed by atoms with Crippen molar-refractivity contribution in [3.63, 3.8) is 0 Å². The number of benzene rings is 1. The van der Waals surface area contributed by atoms with Crippen LogP contribution in [0.4, 0.5) is 18.9 Å². The molecule has 1 aromatic carbocycles. The lowest BCUT2D eigenvalue weighted by Gasteiger charge is -2.28. The van der Waals surface area contributed by atoms with Crippen LogP contribution in [0.1, 0.15) is 12.5 Å². The van der Waals surface area contributed by atoms with Crippen molar-refractivity contribution in [2.24, 2.45) is 0 Å². The minimum Gasteiger partial charge on any atom is -0.465 e. The van der Waals surface area contributed by atoms with E-state index in [2.05, 4.69) is 0 Å². The van der Waals surface area contributed by atoms with Crippen LogP contribution in [0.2, 0.25) is 0 Å². The van der Waals surface area contributed by atoms with E-state index in [1.807, 2.05) is 0 Å². The van der Waals surface area contributed by atoms with Gasteiger partial charge < -0.3 is 4.74 Å². The number of carbonyl (C=O) groups is 2. The first-order valence-electron chi connectivity index (χ1n) is 6.13. The number of hydrogen-bond acceptors (Lipinski definition) is 4. The fourth-order valence-corrected chi connectivity index (χ4v) is 2.80. The Kier molecular flexibility index (Phi) is 4.46. The summed E-state index contributed by atoms with van der Waals surface area (Å²) >= 11 is 1.15. The van der Waals surface area contributed by atoms with E-state index in [-0.39, 0.29) is 24.6 Å². The number of hydrogen-bond donors (Lipinski definition) is 0. The van der Waals surface area contributed by atoms with Crippen LogP contribution in [0.25, 0.3) is 0 Å². The zero-order chi connectivity index (χ0) is 15.6. The molecule has 0 N–H and O–H groups in total. The summed E-state index contributed by atoms with van der Waals surface area (Å²) in [5.74, 6) is -0.987. The zero-order valence-electron chi connectivity index (χ0n) is 11.1. The Hall–Kier alpha value is -1.70. The van der Waals surface area contributed by atoms with Gasteiger partial charge >= 0.3 is 12.1 Å². The first kappa shape index (κ1) is 15.7. The van der Waals surface area contributed by atoms with Crippen LogP contribution in [0.5, 0.6) is 0 Å². The predicted molar refractivity (Wildman–Crippen MR) is 71.2 cm³/mol. The quantitative estimate of drug-likeness (QED) is 0.804. The molecular weight excluding hydrogens is 307 g/mol. The highest BCUT2D eigenvalue weighted by atomic mass is 32.2. The Bertz CT molecular complexity index is 574. The van der Waals surface area contributed by atoms with Gasteiger partial charge in [0, 0.05) is 4.90 Å². The zero-order valence-corrected chi connectivity index (χ0v) is 11.9. The average Bonchev–Trinajstić information content (AvgIpc) is 2.41. The van der Waals surface area contributed by atoms with Crippen LogP contribution in [0.15, 0.2) is 23.1 Å². The van der Waals surface area contributed by atoms with Gasteiger partial charge in [0.2, 0.25) is 5.91 Å². The fraction of sp³-hybridized carbons (Fsp3) is 0.385. The molecule has 0 bridgehead atoms. The van der Waals surface area contributed by atoms with Crippen LogP contribution in [-0.4, -0.2) is 30.8 Å². The second-order valence-electron chi connectivity index (χ2n) is 4.25. The van der Waals surface area contributed by atoms with Gasteiger partial charge in [-0.3, -0.25) is 14.5 Å². The van der Waals surface area contributed by atoms with Crippen molar-refractivity contribution in [3.05, 3.63) is 23.8 Å². The molecule has 0 aromatic heterocycles. The molecule has 0 saturated heterocycles. The molecular formula is C13H12F3NO3S. The van der Waals surface area contributed by atoms with Crippen molar-refractivity contribution in [2.45, 2.75) is 18.0 Å². The van der Waals surface area contributed by atoms with Gasteiger partial charge in [0.05, 0.1) is 23.6 Å². The number of halogens is 3. The molecule has 1 aliphatic rings. The Morgan fingerprint density at radius 2 is 2.14 bits per heavy atom. The molecule has 114 valence electrons. The van der Waals surface area contributed by atoms with Gasteiger partial charge in [-0.1, -0.05) is 0 Å². The van der Waals surface area contributed by atoms with Crippen molar-refractivity contribution in [1.82, 2.24) is 0 Å². The molecule has 0 aliphatic carbocycles. The molecule has 0 spiro atoms. The molecule has 1 aromatic rings. The number of fused-ring (bicyclic) bond motifs is 1. The minimum atomic E-state index is -4.50. The molecule has 0 radical (unpaired) electrons. The summed E-state index contributed by atoms with van der Waals surface area (Å²) in [4.78, 5) is 25.0. The van der Waals surface area contributed by atoms with E-state index in [9.17, 15) is 22.8 Å². The standard InChI is InChI=1S/C13H12F3NO3S/c1-2-20-12(19)6-17-9-5-8(13(14,15)16)3-4-10(9)21-7-11(17)18/h3-5H,2,6-7H2,1H3. The maximum atomic E-state index is 12.8. The average molecular weight is 319 g/mol. The Balaban J connectivity index is 2.36. The smallest absolute Gasteiger partial charge is 0.416 e. The first-order chi connectivity index (χ1) is 9.82. The Morgan fingerprint density at radius 3 is 2.76 bits per heavy atom. The monoisotopic (exact) mass is 319 g/mol. The normalized spacial score (nSPS) is 14.9. The molecule has 1 aliphatic heterocycles. The van der Waals surface area contributed by atoms with E-state index >= 15 is 0 Å². The summed E-state index contributed by atoms with van der Waals surface area (Å²) in [6.07, 6.45) is -4.50. The van der Waals surface area contributed by atoms with E-state index in [0.717, 1.165) is 28.8 Å². The van der Waals surface area contributed by atoms with Gasteiger partial charge in [-0.25, -0.2) is 0 Å². The van der Waals surface area contributed by atoms with Crippen molar-refractivity contribution in [2.75, 3.05) is 23.8 Å². The summed E-state index contributed by atoms with van der Waals surface area (Å²) in [6, 6.07) is 3.16. The van der Waals surface area contributed by atoms with Crippen LogP contribution < -0.4 is 4.90 Å². The molecule has 2 rings (SSSR count). The first-order valence-corrected chi connectivity index (χ1v) is 7.11. The number of alkyl halides is 3. The largest absolute Gasteiger partial charge is 0.465 e. The van der Waals surface area contributed by atoms with E-state index < -0.39 is 23.6 Å². The van der Waals surface area contributed by atoms with Crippen molar-refractivity contribution >= 4 is 29.3 Å². The number of nitrogens with zero attached hydrogens (tertiary/aromatic N) is 1. The van der Waals surface area contributed by atoms with E-state index in [4.69, 9.17) is 4.74 Å². The topological polar surface area (TPSA) is 46.6 Å². The fourth-order valence-electron chi connectivity index (χ4n) is 1.89. The van der Waals surface area contributed by atoms with Gasteiger partial charge in [0.25, 0.3) is 0 Å². The van der Waals surface area contributed by atoms with E-state index in [0.29, 0.717) is 4.90 Å². The maximum Gasteiger partial charge on any atom is 0.416 e. The number of esters is 1. The Morgan fingerprint density at radius 1 is 1.43 bits per heavy atom. The van der Waals surface area contributed by atoms with Gasteiger partial charge in [-0.2, -0.15) is 13.2 Å². The molecule has 1 heterocycles. The van der Waals surface area contributed by atoms with Gasteiger partial charge in [0.1, 0.15) is 6.54 Å². The van der Waals surface area contributed by atoms with Crippen molar-refractivity contribution in [3.8, 4) is 0 Å².